The van der Waals surface area contributed by atoms with Crippen LogP contribution in [0.25, 0.3) is 0 Å². The maximum Gasteiger partial charge on any atom is 0.0239 e. The fourth-order valence-corrected chi connectivity index (χ4v) is 0.840. The van der Waals surface area contributed by atoms with E-state index in [0.29, 0.717) is 0 Å². The highest BCUT2D eigenvalue weighted by Crippen LogP contribution is 2.10. The largest absolute Gasteiger partial charge is 0.0990 e. The van der Waals surface area contributed by atoms with Gasteiger partial charge in [0.1, 0.15) is 0 Å². The Kier molecular flexibility index (Phi) is 5.16. The van der Waals surface area contributed by atoms with Crippen LogP contribution < -0.4 is 0 Å². The Labute approximate surface area is 66.5 Å². The van der Waals surface area contributed by atoms with Crippen molar-refractivity contribution < 1.29 is 0 Å². The molecule has 0 heterocycles. The molecule has 0 nitrogen and oxygen atoms in total. The Morgan fingerprint density at radius 2 is 2.11 bits per heavy atom. The van der Waals surface area contributed by atoms with Crippen LogP contribution in [0.2, 0.25) is 0 Å². The molecule has 0 aliphatic carbocycles. The predicted molar refractivity (Wildman–Crippen MR) is 47.0 cm³/mol. The molecule has 0 amide bonds. The van der Waals surface area contributed by atoms with Gasteiger partial charge in [0, 0.05) is 5.33 Å². The summed E-state index contributed by atoms with van der Waals surface area (Å²) in [7, 11) is 0. The highest BCUT2D eigenvalue weighted by atomic mass is 79.9. The van der Waals surface area contributed by atoms with E-state index in [0.717, 1.165) is 11.2 Å². The van der Waals surface area contributed by atoms with E-state index in [1.54, 1.807) is 0 Å². The van der Waals surface area contributed by atoms with Gasteiger partial charge in [-0.2, -0.15) is 0 Å². The second kappa shape index (κ2) is 5.04. The minimum absolute atomic E-state index is 0.806. The van der Waals surface area contributed by atoms with E-state index in [-0.39, 0.29) is 0 Å². The molecule has 0 saturated carbocycles. The Morgan fingerprint density at radius 1 is 1.56 bits per heavy atom. The zero-order chi connectivity index (χ0) is 7.28. The molecule has 0 atom stereocenters. The van der Waals surface area contributed by atoms with Crippen molar-refractivity contribution >= 4 is 15.9 Å². The van der Waals surface area contributed by atoms with Crippen molar-refractivity contribution in [3.05, 3.63) is 12.2 Å². The van der Waals surface area contributed by atoms with Crippen LogP contribution in [0.15, 0.2) is 12.2 Å². The summed E-state index contributed by atoms with van der Waals surface area (Å²) < 4.78 is 0. The molecule has 0 aromatic carbocycles. The van der Waals surface area contributed by atoms with Crippen molar-refractivity contribution in [2.45, 2.75) is 26.7 Å². The minimum atomic E-state index is 0.806. The van der Waals surface area contributed by atoms with E-state index < -0.39 is 0 Å². The Morgan fingerprint density at radius 3 is 2.44 bits per heavy atom. The van der Waals surface area contributed by atoms with E-state index in [9.17, 15) is 0 Å². The van der Waals surface area contributed by atoms with Gasteiger partial charge in [-0.25, -0.2) is 0 Å². The molecule has 0 aliphatic heterocycles. The lowest BCUT2D eigenvalue weighted by Crippen LogP contribution is -1.89. The van der Waals surface area contributed by atoms with E-state index in [1.165, 1.54) is 18.4 Å². The summed E-state index contributed by atoms with van der Waals surface area (Å²) in [4.78, 5) is 0. The maximum absolute atomic E-state index is 3.90. The van der Waals surface area contributed by atoms with Crippen LogP contribution in [0.1, 0.15) is 26.7 Å². The SMILES string of the molecule is C=C(CBr)CCC(C)C. The molecule has 0 bridgehead atoms. The number of allylic oxidation sites excluding steroid dienone is 1. The van der Waals surface area contributed by atoms with Crippen LogP contribution >= 0.6 is 15.9 Å². The zero-order valence-electron chi connectivity index (χ0n) is 6.28. The molecule has 0 aliphatic rings. The second-order valence-corrected chi connectivity index (χ2v) is 3.38. The summed E-state index contributed by atoms with van der Waals surface area (Å²) in [5.74, 6) is 0.806. The van der Waals surface area contributed by atoms with Gasteiger partial charge in [-0.3, -0.25) is 0 Å². The van der Waals surface area contributed by atoms with Gasteiger partial charge in [-0.1, -0.05) is 41.9 Å². The summed E-state index contributed by atoms with van der Waals surface area (Å²) in [5, 5.41) is 0.958. The Balaban J connectivity index is 3.17. The van der Waals surface area contributed by atoms with Gasteiger partial charge in [0.15, 0.2) is 0 Å². The summed E-state index contributed by atoms with van der Waals surface area (Å²) in [6.45, 7) is 8.37. The van der Waals surface area contributed by atoms with Gasteiger partial charge in [0.25, 0.3) is 0 Å². The molecule has 0 spiro atoms. The lowest BCUT2D eigenvalue weighted by molar-refractivity contribution is 0.586. The van der Waals surface area contributed by atoms with Crippen LogP contribution in [-0.2, 0) is 0 Å². The normalized spacial score (nSPS) is 10.2. The summed E-state index contributed by atoms with van der Waals surface area (Å²) in [5.41, 5.74) is 1.31. The molecule has 0 unspecified atom stereocenters. The highest BCUT2D eigenvalue weighted by molar-refractivity contribution is 9.09. The number of halogens is 1. The van der Waals surface area contributed by atoms with Crippen LogP contribution in [0.4, 0.5) is 0 Å². The summed E-state index contributed by atoms with van der Waals surface area (Å²) in [6, 6.07) is 0. The van der Waals surface area contributed by atoms with Gasteiger partial charge in [0.2, 0.25) is 0 Å². The van der Waals surface area contributed by atoms with E-state index in [4.69, 9.17) is 0 Å². The molecule has 0 saturated heterocycles. The summed E-state index contributed by atoms with van der Waals surface area (Å²) >= 11 is 3.37. The van der Waals surface area contributed by atoms with E-state index >= 15 is 0 Å². The van der Waals surface area contributed by atoms with Crippen LogP contribution in [0, 0.1) is 5.92 Å². The molecular formula is C8H15Br. The summed E-state index contributed by atoms with van der Waals surface area (Å²) in [6.07, 6.45) is 2.44. The predicted octanol–water partition coefficient (Wildman–Crippen LogP) is 3.37. The Hall–Kier alpha value is 0.220. The van der Waals surface area contributed by atoms with Crippen molar-refractivity contribution in [1.29, 1.82) is 0 Å². The molecule has 0 rings (SSSR count). The van der Waals surface area contributed by atoms with Gasteiger partial charge in [-0.05, 0) is 18.8 Å². The highest BCUT2D eigenvalue weighted by Gasteiger charge is 1.94. The van der Waals surface area contributed by atoms with E-state index in [1.807, 2.05) is 0 Å². The third-order valence-electron chi connectivity index (χ3n) is 1.26. The lowest BCUT2D eigenvalue weighted by atomic mass is 10.1. The molecule has 1 heteroatoms. The number of hydrogen-bond donors (Lipinski definition) is 0. The first-order valence-corrected chi connectivity index (χ1v) is 4.51. The van der Waals surface area contributed by atoms with Gasteiger partial charge in [-0.15, -0.1) is 0 Å². The first-order valence-electron chi connectivity index (χ1n) is 3.39. The zero-order valence-corrected chi connectivity index (χ0v) is 7.87. The third kappa shape index (κ3) is 6.10. The molecule has 54 valence electrons. The van der Waals surface area contributed by atoms with Crippen molar-refractivity contribution in [2.75, 3.05) is 5.33 Å². The molecule has 9 heavy (non-hydrogen) atoms. The van der Waals surface area contributed by atoms with Crippen LogP contribution in [0.3, 0.4) is 0 Å². The number of alkyl halides is 1. The average molecular weight is 191 g/mol. The van der Waals surface area contributed by atoms with Crippen molar-refractivity contribution in [2.24, 2.45) is 5.92 Å². The number of hydrogen-bond acceptors (Lipinski definition) is 0. The molecule has 0 N–H and O–H groups in total. The standard InChI is InChI=1S/C8H15Br/c1-7(2)4-5-8(3)6-9/h7H,3-6H2,1-2H3. The molecule has 0 aromatic rings. The Bertz CT molecular complexity index is 84.6. The fourth-order valence-electron chi connectivity index (χ4n) is 0.560. The molecule has 0 aromatic heterocycles. The third-order valence-corrected chi connectivity index (χ3v) is 2.06. The quantitative estimate of drug-likeness (QED) is 0.472. The first-order chi connectivity index (χ1) is 4.16. The van der Waals surface area contributed by atoms with Gasteiger partial charge >= 0.3 is 0 Å². The fraction of sp³-hybridized carbons (Fsp3) is 0.750. The minimum Gasteiger partial charge on any atom is -0.0990 e. The second-order valence-electron chi connectivity index (χ2n) is 2.82. The van der Waals surface area contributed by atoms with Crippen LogP contribution in [-0.4, -0.2) is 5.33 Å². The average Bonchev–Trinajstić information content (AvgIpc) is 1.83. The topological polar surface area (TPSA) is 0 Å². The van der Waals surface area contributed by atoms with Gasteiger partial charge < -0.3 is 0 Å². The number of rotatable bonds is 4. The molecular weight excluding hydrogens is 176 g/mol. The van der Waals surface area contributed by atoms with Crippen molar-refractivity contribution in [3.63, 3.8) is 0 Å². The van der Waals surface area contributed by atoms with Crippen LogP contribution in [0.5, 0.6) is 0 Å². The smallest absolute Gasteiger partial charge is 0.0239 e. The molecule has 0 fully saturated rings. The first kappa shape index (κ1) is 9.22. The van der Waals surface area contributed by atoms with Crippen molar-refractivity contribution in [3.8, 4) is 0 Å². The molecule has 0 radical (unpaired) electrons. The maximum atomic E-state index is 3.90. The van der Waals surface area contributed by atoms with Gasteiger partial charge in [0.05, 0.1) is 0 Å². The lowest BCUT2D eigenvalue weighted by Gasteiger charge is -2.03. The van der Waals surface area contributed by atoms with E-state index in [2.05, 4.69) is 36.4 Å². The monoisotopic (exact) mass is 190 g/mol. The van der Waals surface area contributed by atoms with Crippen molar-refractivity contribution in [1.82, 2.24) is 0 Å².